The second kappa shape index (κ2) is 6.44. The molecule has 2 aromatic carbocycles. The Bertz CT molecular complexity index is 610. The Kier molecular flexibility index (Phi) is 4.64. The van der Waals surface area contributed by atoms with Crippen LogP contribution < -0.4 is 4.74 Å². The van der Waals surface area contributed by atoms with Gasteiger partial charge in [0.1, 0.15) is 18.3 Å². The molecule has 0 bridgehead atoms. The summed E-state index contributed by atoms with van der Waals surface area (Å²) in [6.45, 7) is 1.99. The molecule has 0 aliphatic heterocycles. The number of aliphatic carboxylic acids is 1. The lowest BCUT2D eigenvalue weighted by Gasteiger charge is -2.15. The predicted molar refractivity (Wildman–Crippen MR) is 78.5 cm³/mol. The summed E-state index contributed by atoms with van der Waals surface area (Å²) in [7, 11) is 0. The Morgan fingerprint density at radius 2 is 2.00 bits per heavy atom. The van der Waals surface area contributed by atoms with Crippen molar-refractivity contribution in [3.8, 4) is 5.75 Å². The third-order valence-electron chi connectivity index (χ3n) is 3.05. The van der Waals surface area contributed by atoms with Crippen LogP contribution in [0.25, 0.3) is 0 Å². The standard InChI is InChI=1S/C16H15ClO3/c1-11-5-2-3-8-15(11)20-10-14(16(18)19)12-6-4-7-13(17)9-12/h2-9,14H,10H2,1H3,(H,18,19). The Morgan fingerprint density at radius 3 is 2.65 bits per heavy atom. The molecule has 0 aliphatic rings. The van der Waals surface area contributed by atoms with Crippen LogP contribution >= 0.6 is 11.6 Å². The summed E-state index contributed by atoms with van der Waals surface area (Å²) < 4.78 is 5.63. The maximum Gasteiger partial charge on any atom is 0.314 e. The molecule has 0 radical (unpaired) electrons. The summed E-state index contributed by atoms with van der Waals surface area (Å²) in [4.78, 5) is 11.4. The van der Waals surface area contributed by atoms with Crippen LogP contribution in [0.4, 0.5) is 0 Å². The maximum atomic E-state index is 11.4. The van der Waals surface area contributed by atoms with E-state index in [1.807, 2.05) is 31.2 Å². The average molecular weight is 291 g/mol. The van der Waals surface area contributed by atoms with Crippen molar-refractivity contribution in [3.05, 3.63) is 64.7 Å². The first-order valence-corrected chi connectivity index (χ1v) is 6.62. The normalized spacial score (nSPS) is 11.9. The first kappa shape index (κ1) is 14.4. The number of hydrogen-bond acceptors (Lipinski definition) is 2. The van der Waals surface area contributed by atoms with E-state index in [9.17, 15) is 9.90 Å². The van der Waals surface area contributed by atoms with Gasteiger partial charge in [0.25, 0.3) is 0 Å². The number of benzene rings is 2. The van der Waals surface area contributed by atoms with Crippen molar-refractivity contribution in [1.82, 2.24) is 0 Å². The molecule has 0 heterocycles. The summed E-state index contributed by atoms with van der Waals surface area (Å²) in [6, 6.07) is 14.4. The number of carboxylic acids is 1. The second-order valence-electron chi connectivity index (χ2n) is 4.52. The molecule has 0 saturated carbocycles. The number of ether oxygens (including phenoxy) is 1. The molecule has 0 aliphatic carbocycles. The minimum atomic E-state index is -0.930. The third kappa shape index (κ3) is 3.52. The molecule has 0 amide bonds. The number of rotatable bonds is 5. The minimum Gasteiger partial charge on any atom is -0.492 e. The van der Waals surface area contributed by atoms with E-state index in [1.165, 1.54) is 0 Å². The number of hydrogen-bond donors (Lipinski definition) is 1. The summed E-state index contributed by atoms with van der Waals surface area (Å²) in [6.07, 6.45) is 0. The highest BCUT2D eigenvalue weighted by molar-refractivity contribution is 6.30. The van der Waals surface area contributed by atoms with Gasteiger partial charge in [0, 0.05) is 5.02 Å². The number of carboxylic acid groups (broad SMARTS) is 1. The molecule has 4 heteroatoms. The van der Waals surface area contributed by atoms with Crippen LogP contribution in [0.2, 0.25) is 5.02 Å². The van der Waals surface area contributed by atoms with Gasteiger partial charge in [-0.2, -0.15) is 0 Å². The monoisotopic (exact) mass is 290 g/mol. The third-order valence-corrected chi connectivity index (χ3v) is 3.28. The molecule has 1 atom stereocenters. The van der Waals surface area contributed by atoms with Gasteiger partial charge in [-0.25, -0.2) is 0 Å². The first-order chi connectivity index (χ1) is 9.58. The molecule has 0 aromatic heterocycles. The zero-order valence-corrected chi connectivity index (χ0v) is 11.8. The highest BCUT2D eigenvalue weighted by Gasteiger charge is 2.21. The van der Waals surface area contributed by atoms with Gasteiger partial charge < -0.3 is 9.84 Å². The van der Waals surface area contributed by atoms with Crippen LogP contribution in [-0.2, 0) is 4.79 Å². The molecular weight excluding hydrogens is 276 g/mol. The number of carbonyl (C=O) groups is 1. The van der Waals surface area contributed by atoms with E-state index in [0.717, 1.165) is 5.56 Å². The van der Waals surface area contributed by atoms with E-state index in [-0.39, 0.29) is 6.61 Å². The highest BCUT2D eigenvalue weighted by atomic mass is 35.5. The lowest BCUT2D eigenvalue weighted by molar-refractivity contribution is -0.139. The molecule has 2 aromatic rings. The van der Waals surface area contributed by atoms with Crippen LogP contribution in [0.3, 0.4) is 0 Å². The molecule has 2 rings (SSSR count). The van der Waals surface area contributed by atoms with Gasteiger partial charge in [-0.1, -0.05) is 41.9 Å². The second-order valence-corrected chi connectivity index (χ2v) is 4.96. The lowest BCUT2D eigenvalue weighted by atomic mass is 10.0. The predicted octanol–water partition coefficient (Wildman–Crippen LogP) is 3.90. The van der Waals surface area contributed by atoms with Crippen molar-refractivity contribution in [2.75, 3.05) is 6.61 Å². The van der Waals surface area contributed by atoms with Gasteiger partial charge in [0.2, 0.25) is 0 Å². The fourth-order valence-electron chi connectivity index (χ4n) is 1.92. The molecule has 104 valence electrons. The summed E-state index contributed by atoms with van der Waals surface area (Å²) in [5, 5.41) is 9.86. The van der Waals surface area contributed by atoms with Crippen molar-refractivity contribution in [3.63, 3.8) is 0 Å². The van der Waals surface area contributed by atoms with Gasteiger partial charge in [-0.05, 0) is 36.2 Å². The van der Waals surface area contributed by atoms with E-state index in [2.05, 4.69) is 0 Å². The van der Waals surface area contributed by atoms with E-state index in [1.54, 1.807) is 24.3 Å². The van der Waals surface area contributed by atoms with Crippen LogP contribution in [0.1, 0.15) is 17.0 Å². The van der Waals surface area contributed by atoms with Gasteiger partial charge in [-0.15, -0.1) is 0 Å². The molecule has 1 N–H and O–H groups in total. The number of aryl methyl sites for hydroxylation is 1. The molecule has 0 fully saturated rings. The van der Waals surface area contributed by atoms with Gasteiger partial charge in [0.05, 0.1) is 0 Å². The van der Waals surface area contributed by atoms with Crippen LogP contribution in [0.15, 0.2) is 48.5 Å². The lowest BCUT2D eigenvalue weighted by Crippen LogP contribution is -2.19. The van der Waals surface area contributed by atoms with Crippen molar-refractivity contribution >= 4 is 17.6 Å². The Morgan fingerprint density at radius 1 is 1.25 bits per heavy atom. The number of para-hydroxylation sites is 1. The summed E-state index contributed by atoms with van der Waals surface area (Å²) >= 11 is 5.90. The van der Waals surface area contributed by atoms with E-state index in [4.69, 9.17) is 16.3 Å². The van der Waals surface area contributed by atoms with Gasteiger partial charge in [0.15, 0.2) is 0 Å². The van der Waals surface area contributed by atoms with Crippen molar-refractivity contribution < 1.29 is 14.6 Å². The zero-order chi connectivity index (χ0) is 14.5. The molecular formula is C16H15ClO3. The Balaban J connectivity index is 2.15. The van der Waals surface area contributed by atoms with E-state index >= 15 is 0 Å². The van der Waals surface area contributed by atoms with Crippen molar-refractivity contribution in [2.45, 2.75) is 12.8 Å². The quantitative estimate of drug-likeness (QED) is 0.908. The highest BCUT2D eigenvalue weighted by Crippen LogP contribution is 2.23. The van der Waals surface area contributed by atoms with Crippen molar-refractivity contribution in [1.29, 1.82) is 0 Å². The molecule has 0 spiro atoms. The van der Waals surface area contributed by atoms with E-state index < -0.39 is 11.9 Å². The summed E-state index contributed by atoms with van der Waals surface area (Å²) in [5.41, 5.74) is 1.61. The molecule has 0 saturated heterocycles. The molecule has 20 heavy (non-hydrogen) atoms. The topological polar surface area (TPSA) is 46.5 Å². The largest absolute Gasteiger partial charge is 0.492 e. The number of halogens is 1. The van der Waals surface area contributed by atoms with Crippen LogP contribution in [0.5, 0.6) is 5.75 Å². The summed E-state index contributed by atoms with van der Waals surface area (Å²) in [5.74, 6) is -0.977. The minimum absolute atomic E-state index is 0.0700. The first-order valence-electron chi connectivity index (χ1n) is 6.24. The van der Waals surface area contributed by atoms with Crippen LogP contribution in [0, 0.1) is 6.92 Å². The average Bonchev–Trinajstić information content (AvgIpc) is 2.41. The molecule has 1 unspecified atom stereocenters. The van der Waals surface area contributed by atoms with Crippen molar-refractivity contribution in [2.24, 2.45) is 0 Å². The molecule has 3 nitrogen and oxygen atoms in total. The van der Waals surface area contributed by atoms with E-state index in [0.29, 0.717) is 16.3 Å². The van der Waals surface area contributed by atoms with Crippen LogP contribution in [-0.4, -0.2) is 17.7 Å². The Hall–Kier alpha value is -2.00. The zero-order valence-electron chi connectivity index (χ0n) is 11.0. The van der Waals surface area contributed by atoms with Gasteiger partial charge >= 0.3 is 5.97 Å². The maximum absolute atomic E-state index is 11.4. The smallest absolute Gasteiger partial charge is 0.314 e. The fourth-order valence-corrected chi connectivity index (χ4v) is 2.12. The fraction of sp³-hybridized carbons (Fsp3) is 0.188. The van der Waals surface area contributed by atoms with Gasteiger partial charge in [-0.3, -0.25) is 4.79 Å². The SMILES string of the molecule is Cc1ccccc1OCC(C(=O)O)c1cccc(Cl)c1. The Labute approximate surface area is 122 Å².